The molecule has 25 heavy (non-hydrogen) atoms. The summed E-state index contributed by atoms with van der Waals surface area (Å²) in [7, 11) is 0. The Bertz CT molecular complexity index is 631. The molecule has 0 aromatic heterocycles. The van der Waals surface area contributed by atoms with Crippen molar-refractivity contribution in [1.82, 2.24) is 9.80 Å². The fourth-order valence-corrected chi connectivity index (χ4v) is 4.14. The number of halogens is 1. The molecule has 2 heterocycles. The molecule has 0 radical (unpaired) electrons. The van der Waals surface area contributed by atoms with Gasteiger partial charge in [0.2, 0.25) is 5.91 Å². The Morgan fingerprint density at radius 2 is 2.00 bits per heavy atom. The Balaban J connectivity index is 1.53. The summed E-state index contributed by atoms with van der Waals surface area (Å²) in [6, 6.07) is 6.82. The second-order valence-electron chi connectivity index (χ2n) is 7.29. The number of carbonyl (C=O) groups excluding carboxylic acids is 1. The highest BCUT2D eigenvalue weighted by Gasteiger charge is 2.33. The maximum atomic E-state index is 13.3. The van der Waals surface area contributed by atoms with Gasteiger partial charge in [-0.3, -0.25) is 9.69 Å². The van der Waals surface area contributed by atoms with E-state index in [1.165, 1.54) is 6.07 Å². The average molecular weight is 342 g/mol. The number of amides is 1. The third-order valence-corrected chi connectivity index (χ3v) is 5.53. The van der Waals surface area contributed by atoms with E-state index in [4.69, 9.17) is 6.42 Å². The molecule has 0 spiro atoms. The molecule has 0 aliphatic carbocycles. The van der Waals surface area contributed by atoms with Crippen molar-refractivity contribution < 1.29 is 9.18 Å². The number of benzene rings is 1. The van der Waals surface area contributed by atoms with Crippen LogP contribution < -0.4 is 0 Å². The second kappa shape index (κ2) is 8.49. The fourth-order valence-electron chi connectivity index (χ4n) is 4.14. The summed E-state index contributed by atoms with van der Waals surface area (Å²) < 4.78 is 13.3. The molecule has 2 fully saturated rings. The Kier molecular flexibility index (Phi) is 6.09. The van der Waals surface area contributed by atoms with Gasteiger partial charge in [0.05, 0.1) is 12.6 Å². The van der Waals surface area contributed by atoms with E-state index in [-0.39, 0.29) is 17.8 Å². The molecule has 1 aromatic rings. The Labute approximate surface area is 150 Å². The number of hydrogen-bond donors (Lipinski definition) is 0. The normalized spacial score (nSPS) is 22.6. The van der Waals surface area contributed by atoms with Crippen molar-refractivity contribution in [3.63, 3.8) is 0 Å². The Morgan fingerprint density at radius 1 is 1.20 bits per heavy atom. The van der Waals surface area contributed by atoms with Gasteiger partial charge in [0.15, 0.2) is 0 Å². The van der Waals surface area contributed by atoms with Crippen molar-refractivity contribution in [2.24, 2.45) is 5.92 Å². The number of piperidine rings is 2. The zero-order valence-electron chi connectivity index (χ0n) is 14.8. The minimum atomic E-state index is -0.170. The lowest BCUT2D eigenvalue weighted by molar-refractivity contribution is -0.139. The molecule has 1 aromatic carbocycles. The minimum absolute atomic E-state index is 0.0374. The molecule has 134 valence electrons. The molecular formula is C21H27FN2O. The van der Waals surface area contributed by atoms with Gasteiger partial charge in [-0.2, -0.15) is 0 Å². The second-order valence-corrected chi connectivity index (χ2v) is 7.29. The summed E-state index contributed by atoms with van der Waals surface area (Å²) in [5, 5.41) is 0. The van der Waals surface area contributed by atoms with Crippen LogP contribution in [0.1, 0.15) is 37.7 Å². The highest BCUT2D eigenvalue weighted by atomic mass is 19.1. The van der Waals surface area contributed by atoms with Gasteiger partial charge in [-0.1, -0.05) is 24.5 Å². The Hall–Kier alpha value is -1.86. The monoisotopic (exact) mass is 342 g/mol. The molecule has 1 atom stereocenters. The van der Waals surface area contributed by atoms with Gasteiger partial charge in [-0.25, -0.2) is 4.39 Å². The lowest BCUT2D eigenvalue weighted by atomic mass is 9.89. The van der Waals surface area contributed by atoms with Gasteiger partial charge in [-0.15, -0.1) is 6.42 Å². The van der Waals surface area contributed by atoms with Crippen LogP contribution in [0, 0.1) is 24.1 Å². The number of terminal acetylenes is 1. The Morgan fingerprint density at radius 3 is 2.72 bits per heavy atom. The van der Waals surface area contributed by atoms with Crippen LogP contribution in [0.25, 0.3) is 0 Å². The van der Waals surface area contributed by atoms with Crippen molar-refractivity contribution in [1.29, 1.82) is 0 Å². The molecule has 4 heteroatoms. The predicted octanol–water partition coefficient (Wildman–Crippen LogP) is 3.09. The lowest BCUT2D eigenvalue weighted by Crippen LogP contribution is -2.52. The van der Waals surface area contributed by atoms with Gasteiger partial charge in [-0.05, 0) is 62.3 Å². The summed E-state index contributed by atoms with van der Waals surface area (Å²) in [4.78, 5) is 17.1. The third kappa shape index (κ3) is 4.61. The smallest absolute Gasteiger partial charge is 0.239 e. The fraction of sp³-hybridized carbons (Fsp3) is 0.571. The molecule has 1 amide bonds. The first-order chi connectivity index (χ1) is 12.2. The molecule has 2 saturated heterocycles. The molecule has 0 saturated carbocycles. The minimum Gasteiger partial charge on any atom is -0.341 e. The van der Waals surface area contributed by atoms with E-state index < -0.39 is 0 Å². The average Bonchev–Trinajstić information content (AvgIpc) is 2.63. The molecule has 0 N–H and O–H groups in total. The molecule has 2 aliphatic rings. The molecule has 1 unspecified atom stereocenters. The van der Waals surface area contributed by atoms with Gasteiger partial charge in [0.1, 0.15) is 5.82 Å². The third-order valence-electron chi connectivity index (χ3n) is 5.53. The molecule has 2 aliphatic heterocycles. The van der Waals surface area contributed by atoms with Gasteiger partial charge in [0.25, 0.3) is 0 Å². The standard InChI is InChI=1S/C21H27FN2O/c1-2-11-23-12-4-3-8-20(23)21(25)24-13-9-17(10-14-24)15-18-6-5-7-19(22)16-18/h1,5-7,16-17,20H,3-4,8-15H2. The SMILES string of the molecule is C#CCN1CCCCC1C(=O)N1CCC(Cc2cccc(F)c2)CC1. The van der Waals surface area contributed by atoms with Gasteiger partial charge < -0.3 is 4.90 Å². The number of nitrogens with zero attached hydrogens (tertiary/aromatic N) is 2. The van der Waals surface area contributed by atoms with Crippen molar-refractivity contribution in [3.05, 3.63) is 35.6 Å². The first-order valence-corrected chi connectivity index (χ1v) is 9.38. The van der Waals surface area contributed by atoms with Crippen molar-refractivity contribution in [3.8, 4) is 12.3 Å². The van der Waals surface area contributed by atoms with Crippen molar-refractivity contribution in [2.75, 3.05) is 26.2 Å². The summed E-state index contributed by atoms with van der Waals surface area (Å²) in [5.41, 5.74) is 1.05. The summed E-state index contributed by atoms with van der Waals surface area (Å²) in [6.45, 7) is 3.10. The van der Waals surface area contributed by atoms with E-state index in [0.717, 1.165) is 63.7 Å². The maximum absolute atomic E-state index is 13.3. The summed E-state index contributed by atoms with van der Waals surface area (Å²) in [6.07, 6.45) is 11.5. The van der Waals surface area contributed by atoms with Crippen LogP contribution in [-0.4, -0.2) is 47.9 Å². The van der Waals surface area contributed by atoms with Crippen LogP contribution in [-0.2, 0) is 11.2 Å². The largest absolute Gasteiger partial charge is 0.341 e. The molecule has 3 rings (SSSR count). The van der Waals surface area contributed by atoms with Crippen LogP contribution in [0.15, 0.2) is 24.3 Å². The van der Waals surface area contributed by atoms with Crippen LogP contribution in [0.4, 0.5) is 4.39 Å². The highest BCUT2D eigenvalue weighted by Crippen LogP contribution is 2.25. The topological polar surface area (TPSA) is 23.6 Å². The zero-order chi connectivity index (χ0) is 17.6. The van der Waals surface area contributed by atoms with Gasteiger partial charge >= 0.3 is 0 Å². The molecule has 0 bridgehead atoms. The van der Waals surface area contributed by atoms with Crippen LogP contribution in [0.2, 0.25) is 0 Å². The van der Waals surface area contributed by atoms with Crippen molar-refractivity contribution in [2.45, 2.75) is 44.6 Å². The first kappa shape index (κ1) is 17.9. The summed E-state index contributed by atoms with van der Waals surface area (Å²) >= 11 is 0. The number of hydrogen-bond acceptors (Lipinski definition) is 2. The highest BCUT2D eigenvalue weighted by molar-refractivity contribution is 5.82. The van der Waals surface area contributed by atoms with E-state index in [2.05, 4.69) is 10.8 Å². The van der Waals surface area contributed by atoms with E-state index >= 15 is 0 Å². The lowest BCUT2D eigenvalue weighted by Gasteiger charge is -2.39. The molecular weight excluding hydrogens is 315 g/mol. The van der Waals surface area contributed by atoms with E-state index in [1.807, 2.05) is 11.0 Å². The van der Waals surface area contributed by atoms with Gasteiger partial charge in [0, 0.05) is 13.1 Å². The van der Waals surface area contributed by atoms with Crippen molar-refractivity contribution >= 4 is 5.91 Å². The number of likely N-dealkylation sites (tertiary alicyclic amines) is 2. The van der Waals surface area contributed by atoms with Crippen LogP contribution >= 0.6 is 0 Å². The van der Waals surface area contributed by atoms with Crippen LogP contribution in [0.3, 0.4) is 0 Å². The first-order valence-electron chi connectivity index (χ1n) is 9.38. The maximum Gasteiger partial charge on any atom is 0.239 e. The number of rotatable bonds is 4. The van der Waals surface area contributed by atoms with E-state index in [9.17, 15) is 9.18 Å². The summed E-state index contributed by atoms with van der Waals surface area (Å²) in [5.74, 6) is 3.29. The van der Waals surface area contributed by atoms with E-state index in [1.54, 1.807) is 12.1 Å². The molecule has 3 nitrogen and oxygen atoms in total. The zero-order valence-corrected chi connectivity index (χ0v) is 14.8. The van der Waals surface area contributed by atoms with E-state index in [0.29, 0.717) is 12.5 Å². The number of carbonyl (C=O) groups is 1. The quantitative estimate of drug-likeness (QED) is 0.785. The van der Waals surface area contributed by atoms with Crippen LogP contribution in [0.5, 0.6) is 0 Å². The predicted molar refractivity (Wildman–Crippen MR) is 97.5 cm³/mol.